The Bertz CT molecular complexity index is 531. The Morgan fingerprint density at radius 3 is 2.95 bits per heavy atom. The van der Waals surface area contributed by atoms with Crippen LogP contribution in [0.3, 0.4) is 0 Å². The molecule has 0 aromatic heterocycles. The van der Waals surface area contributed by atoms with Crippen LogP contribution in [-0.2, 0) is 0 Å². The molecule has 1 heterocycles. The molecule has 0 radical (unpaired) electrons. The number of nitrogens with two attached hydrogens (primary N) is 1. The van der Waals surface area contributed by atoms with E-state index in [1.54, 1.807) is 17.0 Å². The smallest absolute Gasteiger partial charge is 0.256 e. The van der Waals surface area contributed by atoms with E-state index in [-0.39, 0.29) is 18.6 Å². The molecule has 0 unspecified atom stereocenters. The number of carbonyl (C=O) groups is 1. The van der Waals surface area contributed by atoms with E-state index in [0.717, 1.165) is 37.0 Å². The number of unbranched alkanes of at least 4 members (excludes halogenated alkanes) is 1. The predicted molar refractivity (Wildman–Crippen MR) is 87.1 cm³/mol. The molecule has 0 spiro atoms. The number of likely N-dealkylation sites (tertiary alicyclic amines) is 1. The van der Waals surface area contributed by atoms with Gasteiger partial charge in [-0.1, -0.05) is 13.3 Å². The maximum Gasteiger partial charge on any atom is 0.256 e. The van der Waals surface area contributed by atoms with E-state index in [1.807, 2.05) is 6.92 Å². The van der Waals surface area contributed by atoms with Crippen molar-refractivity contribution in [2.45, 2.75) is 45.6 Å². The first kappa shape index (κ1) is 16.6. The van der Waals surface area contributed by atoms with Gasteiger partial charge in [-0.25, -0.2) is 0 Å². The second kappa shape index (κ2) is 7.49. The number of aliphatic hydroxyl groups excluding tert-OH is 1. The number of nitrogen functional groups attached to an aromatic ring is 1. The lowest BCUT2D eigenvalue weighted by molar-refractivity contribution is 0.0678. The molecular weight excluding hydrogens is 280 g/mol. The quantitative estimate of drug-likeness (QED) is 0.625. The number of anilines is 1. The number of aliphatic hydroxyl groups is 1. The molecule has 22 heavy (non-hydrogen) atoms. The lowest BCUT2D eigenvalue weighted by atomic mass is 10.1. The molecule has 1 aliphatic heterocycles. The van der Waals surface area contributed by atoms with Gasteiger partial charge in [0.15, 0.2) is 0 Å². The summed E-state index contributed by atoms with van der Waals surface area (Å²) >= 11 is 0. The number of amides is 1. The number of ether oxygens (including phenoxy) is 1. The summed E-state index contributed by atoms with van der Waals surface area (Å²) in [6.07, 6.45) is 3.84. The summed E-state index contributed by atoms with van der Waals surface area (Å²) in [5.74, 6) is 0.639. The minimum atomic E-state index is -0.0998. The van der Waals surface area contributed by atoms with E-state index in [1.165, 1.54) is 0 Å². The van der Waals surface area contributed by atoms with Crippen LogP contribution in [0.5, 0.6) is 5.75 Å². The van der Waals surface area contributed by atoms with Gasteiger partial charge in [0.2, 0.25) is 0 Å². The van der Waals surface area contributed by atoms with E-state index >= 15 is 0 Å². The van der Waals surface area contributed by atoms with Crippen LogP contribution in [0.15, 0.2) is 12.1 Å². The second-order valence-corrected chi connectivity index (χ2v) is 5.88. The molecule has 1 amide bonds. The van der Waals surface area contributed by atoms with Gasteiger partial charge >= 0.3 is 0 Å². The zero-order valence-electron chi connectivity index (χ0n) is 13.5. The van der Waals surface area contributed by atoms with Gasteiger partial charge < -0.3 is 20.5 Å². The number of hydrogen-bond acceptors (Lipinski definition) is 4. The SMILES string of the molecule is CCCCOc1cc(N)c(C(=O)N2CCC[C@H]2CO)cc1C. The molecule has 0 saturated carbocycles. The summed E-state index contributed by atoms with van der Waals surface area (Å²) < 4.78 is 5.72. The van der Waals surface area contributed by atoms with Crippen LogP contribution < -0.4 is 10.5 Å². The highest BCUT2D eigenvalue weighted by Gasteiger charge is 2.30. The van der Waals surface area contributed by atoms with Crippen molar-refractivity contribution in [1.82, 2.24) is 4.90 Å². The van der Waals surface area contributed by atoms with E-state index in [2.05, 4.69) is 6.92 Å². The highest BCUT2D eigenvalue weighted by molar-refractivity contribution is 6.00. The molecule has 1 aromatic carbocycles. The largest absolute Gasteiger partial charge is 0.493 e. The molecule has 5 heteroatoms. The molecule has 1 fully saturated rings. The van der Waals surface area contributed by atoms with Crippen molar-refractivity contribution in [2.75, 3.05) is 25.5 Å². The summed E-state index contributed by atoms with van der Waals surface area (Å²) in [5.41, 5.74) is 7.91. The average Bonchev–Trinajstić information content (AvgIpc) is 2.98. The predicted octanol–water partition coefficient (Wildman–Crippen LogP) is 2.35. The van der Waals surface area contributed by atoms with Gasteiger partial charge in [-0.3, -0.25) is 4.79 Å². The van der Waals surface area contributed by atoms with Gasteiger partial charge in [0.1, 0.15) is 5.75 Å². The van der Waals surface area contributed by atoms with Gasteiger partial charge in [0, 0.05) is 18.3 Å². The molecule has 3 N–H and O–H groups in total. The highest BCUT2D eigenvalue weighted by atomic mass is 16.5. The molecular formula is C17H26N2O3. The number of rotatable bonds is 6. The molecule has 1 aromatic rings. The Labute approximate surface area is 132 Å². The van der Waals surface area contributed by atoms with E-state index in [0.29, 0.717) is 24.4 Å². The fourth-order valence-corrected chi connectivity index (χ4v) is 2.82. The molecule has 1 saturated heterocycles. The summed E-state index contributed by atoms with van der Waals surface area (Å²) in [4.78, 5) is 14.4. The normalized spacial score (nSPS) is 17.8. The number of carbonyl (C=O) groups excluding carboxylic acids is 1. The van der Waals surface area contributed by atoms with Crippen molar-refractivity contribution >= 4 is 11.6 Å². The maximum atomic E-state index is 12.7. The first-order chi connectivity index (χ1) is 10.6. The van der Waals surface area contributed by atoms with Crippen molar-refractivity contribution in [2.24, 2.45) is 0 Å². The third kappa shape index (κ3) is 3.53. The number of benzene rings is 1. The molecule has 5 nitrogen and oxygen atoms in total. The monoisotopic (exact) mass is 306 g/mol. The van der Waals surface area contributed by atoms with Crippen molar-refractivity contribution in [3.05, 3.63) is 23.3 Å². The van der Waals surface area contributed by atoms with Crippen LogP contribution in [-0.4, -0.2) is 41.7 Å². The van der Waals surface area contributed by atoms with Crippen LogP contribution in [0, 0.1) is 6.92 Å². The average molecular weight is 306 g/mol. The summed E-state index contributed by atoms with van der Waals surface area (Å²) in [5, 5.41) is 9.38. The highest BCUT2D eigenvalue weighted by Crippen LogP contribution is 2.28. The zero-order chi connectivity index (χ0) is 16.1. The standard InChI is InChI=1S/C17H26N2O3/c1-3-4-8-22-16-10-15(18)14(9-12(16)2)17(21)19-7-5-6-13(19)11-20/h9-10,13,20H,3-8,11,18H2,1-2H3/t13-/m0/s1. The molecule has 0 aliphatic carbocycles. The Hall–Kier alpha value is -1.75. The lowest BCUT2D eigenvalue weighted by Crippen LogP contribution is -2.38. The van der Waals surface area contributed by atoms with E-state index < -0.39 is 0 Å². The summed E-state index contributed by atoms with van der Waals surface area (Å²) in [7, 11) is 0. The number of hydrogen-bond donors (Lipinski definition) is 2. The molecule has 0 bridgehead atoms. The molecule has 1 aliphatic rings. The Morgan fingerprint density at radius 2 is 2.27 bits per heavy atom. The third-order valence-corrected chi connectivity index (χ3v) is 4.18. The van der Waals surface area contributed by atoms with Crippen molar-refractivity contribution in [1.29, 1.82) is 0 Å². The van der Waals surface area contributed by atoms with Crippen molar-refractivity contribution in [3.63, 3.8) is 0 Å². The maximum absolute atomic E-state index is 12.7. The lowest BCUT2D eigenvalue weighted by Gasteiger charge is -2.24. The number of aryl methyl sites for hydroxylation is 1. The first-order valence-electron chi connectivity index (χ1n) is 8.03. The van der Waals surface area contributed by atoms with Crippen LogP contribution >= 0.6 is 0 Å². The first-order valence-corrected chi connectivity index (χ1v) is 8.03. The van der Waals surface area contributed by atoms with Gasteiger partial charge in [-0.05, 0) is 37.8 Å². The minimum Gasteiger partial charge on any atom is -0.493 e. The van der Waals surface area contributed by atoms with Gasteiger partial charge in [0.25, 0.3) is 5.91 Å². The molecule has 122 valence electrons. The fraction of sp³-hybridized carbons (Fsp3) is 0.588. The van der Waals surface area contributed by atoms with Crippen LogP contribution in [0.4, 0.5) is 5.69 Å². The molecule has 2 rings (SSSR count). The van der Waals surface area contributed by atoms with Gasteiger partial charge in [0.05, 0.1) is 24.8 Å². The molecule has 1 atom stereocenters. The van der Waals surface area contributed by atoms with Crippen LogP contribution in [0.25, 0.3) is 0 Å². The third-order valence-electron chi connectivity index (χ3n) is 4.18. The minimum absolute atomic E-state index is 0.00282. The van der Waals surface area contributed by atoms with E-state index in [9.17, 15) is 9.90 Å². The fourth-order valence-electron chi connectivity index (χ4n) is 2.82. The van der Waals surface area contributed by atoms with Gasteiger partial charge in [-0.15, -0.1) is 0 Å². The topological polar surface area (TPSA) is 75.8 Å². The Kier molecular flexibility index (Phi) is 5.66. The van der Waals surface area contributed by atoms with Crippen molar-refractivity contribution in [3.8, 4) is 5.75 Å². The Morgan fingerprint density at radius 1 is 1.50 bits per heavy atom. The summed E-state index contributed by atoms with van der Waals surface area (Å²) in [6, 6.07) is 3.45. The summed E-state index contributed by atoms with van der Waals surface area (Å²) in [6.45, 7) is 5.37. The van der Waals surface area contributed by atoms with Crippen LogP contribution in [0.2, 0.25) is 0 Å². The Balaban J connectivity index is 2.17. The van der Waals surface area contributed by atoms with Crippen molar-refractivity contribution < 1.29 is 14.6 Å². The van der Waals surface area contributed by atoms with Gasteiger partial charge in [-0.2, -0.15) is 0 Å². The zero-order valence-corrected chi connectivity index (χ0v) is 13.5. The van der Waals surface area contributed by atoms with Crippen LogP contribution in [0.1, 0.15) is 48.5 Å². The number of nitrogens with zero attached hydrogens (tertiary/aromatic N) is 1. The van der Waals surface area contributed by atoms with E-state index in [4.69, 9.17) is 10.5 Å². The second-order valence-electron chi connectivity index (χ2n) is 5.88.